The van der Waals surface area contributed by atoms with Crippen molar-refractivity contribution in [1.82, 2.24) is 15.4 Å². The van der Waals surface area contributed by atoms with Crippen LogP contribution >= 0.6 is 0 Å². The summed E-state index contributed by atoms with van der Waals surface area (Å²) < 4.78 is 12.9. The molecular formula is C11H8FN7O5. The molecule has 0 saturated heterocycles. The molecule has 1 aromatic carbocycles. The summed E-state index contributed by atoms with van der Waals surface area (Å²) in [6.45, 7) is 0. The van der Waals surface area contributed by atoms with Crippen molar-refractivity contribution < 1.29 is 19.0 Å². The maximum atomic E-state index is 12.9. The van der Waals surface area contributed by atoms with E-state index < -0.39 is 44.3 Å². The molecule has 0 aliphatic heterocycles. The van der Waals surface area contributed by atoms with Crippen molar-refractivity contribution in [2.24, 2.45) is 0 Å². The lowest BCUT2D eigenvalue weighted by atomic mass is 10.1. The number of nitrogens with two attached hydrogens (primary N) is 1. The fourth-order valence-corrected chi connectivity index (χ4v) is 1.60. The largest absolute Gasteiger partial charge is 0.381 e. The fourth-order valence-electron chi connectivity index (χ4n) is 1.60. The molecule has 13 heteroatoms. The molecule has 124 valence electrons. The topological polar surface area (TPSA) is 179 Å². The van der Waals surface area contributed by atoms with Crippen LogP contribution in [-0.2, 0) is 0 Å². The van der Waals surface area contributed by atoms with Gasteiger partial charge in [0, 0.05) is 6.07 Å². The molecular weight excluding hydrogens is 329 g/mol. The normalized spacial score (nSPS) is 10.0. The second-order valence-corrected chi connectivity index (χ2v) is 4.22. The quantitative estimate of drug-likeness (QED) is 0.524. The first-order valence-corrected chi connectivity index (χ1v) is 6.07. The van der Waals surface area contributed by atoms with E-state index in [2.05, 4.69) is 15.4 Å². The lowest BCUT2D eigenvalue weighted by Gasteiger charge is -2.07. The Morgan fingerprint density at radius 3 is 2.54 bits per heavy atom. The third-order valence-electron chi connectivity index (χ3n) is 2.69. The van der Waals surface area contributed by atoms with Crippen molar-refractivity contribution in [3.05, 3.63) is 56.0 Å². The Morgan fingerprint density at radius 1 is 1.25 bits per heavy atom. The minimum absolute atomic E-state index is 0.258. The first-order valence-electron chi connectivity index (χ1n) is 6.07. The molecule has 4 N–H and O–H groups in total. The molecule has 0 saturated carbocycles. The monoisotopic (exact) mass is 337 g/mol. The van der Waals surface area contributed by atoms with Crippen LogP contribution < -0.4 is 16.6 Å². The van der Waals surface area contributed by atoms with Crippen molar-refractivity contribution in [3.63, 3.8) is 0 Å². The van der Waals surface area contributed by atoms with Crippen LogP contribution in [0.3, 0.4) is 0 Å². The van der Waals surface area contributed by atoms with Gasteiger partial charge in [-0.25, -0.2) is 9.37 Å². The highest BCUT2D eigenvalue weighted by Gasteiger charge is 2.24. The molecule has 0 radical (unpaired) electrons. The average Bonchev–Trinajstić information content (AvgIpc) is 2.54. The fraction of sp³-hybridized carbons (Fsp3) is 0. The van der Waals surface area contributed by atoms with Crippen LogP contribution in [0.25, 0.3) is 0 Å². The van der Waals surface area contributed by atoms with Crippen molar-refractivity contribution in [1.29, 1.82) is 0 Å². The first kappa shape index (κ1) is 16.5. The van der Waals surface area contributed by atoms with E-state index in [1.54, 1.807) is 0 Å². The Kier molecular flexibility index (Phi) is 4.44. The number of nitrogen functional groups attached to an aromatic ring is 1. The molecule has 1 aromatic heterocycles. The zero-order valence-corrected chi connectivity index (χ0v) is 11.6. The summed E-state index contributed by atoms with van der Waals surface area (Å²) in [5, 5.41) is 21.6. The van der Waals surface area contributed by atoms with Crippen molar-refractivity contribution in [2.75, 3.05) is 11.2 Å². The molecule has 2 aromatic rings. The van der Waals surface area contributed by atoms with E-state index in [9.17, 15) is 29.4 Å². The van der Waals surface area contributed by atoms with Crippen LogP contribution in [0.15, 0.2) is 24.4 Å². The first-order chi connectivity index (χ1) is 11.3. The van der Waals surface area contributed by atoms with Crippen LogP contribution in [0.5, 0.6) is 0 Å². The van der Waals surface area contributed by atoms with Crippen molar-refractivity contribution >= 4 is 29.0 Å². The van der Waals surface area contributed by atoms with E-state index in [1.807, 2.05) is 5.43 Å². The predicted molar refractivity (Wildman–Crippen MR) is 77.2 cm³/mol. The number of nitrogens with one attached hydrogen (secondary N) is 2. The predicted octanol–water partition coefficient (Wildman–Crippen LogP) is 0.771. The number of nitrogens with zero attached hydrogens (tertiary/aromatic N) is 4. The second-order valence-electron chi connectivity index (χ2n) is 4.22. The van der Waals surface area contributed by atoms with E-state index in [4.69, 9.17) is 5.73 Å². The Bertz CT molecular complexity index is 844. The molecule has 0 spiro atoms. The van der Waals surface area contributed by atoms with Crippen LogP contribution in [0.1, 0.15) is 10.4 Å². The highest BCUT2D eigenvalue weighted by atomic mass is 19.1. The Labute approximate surface area is 131 Å². The number of carbonyl (C=O) groups is 1. The molecule has 1 heterocycles. The molecule has 0 atom stereocenters. The maximum absolute atomic E-state index is 12.9. The number of hydrogen-bond donors (Lipinski definition) is 3. The van der Waals surface area contributed by atoms with Gasteiger partial charge in [-0.05, 0) is 6.07 Å². The van der Waals surface area contributed by atoms with E-state index >= 15 is 0 Å². The van der Waals surface area contributed by atoms with Gasteiger partial charge in [0.05, 0.1) is 22.1 Å². The second kappa shape index (κ2) is 6.47. The highest BCUT2D eigenvalue weighted by Crippen LogP contribution is 2.24. The van der Waals surface area contributed by atoms with Gasteiger partial charge in [0.2, 0.25) is 5.95 Å². The van der Waals surface area contributed by atoms with Gasteiger partial charge in [-0.3, -0.25) is 35.9 Å². The zero-order chi connectivity index (χ0) is 17.9. The number of nitro benzene ring substituents is 2. The molecule has 2 rings (SSSR count). The number of hydrazine groups is 1. The lowest BCUT2D eigenvalue weighted by molar-refractivity contribution is -0.394. The van der Waals surface area contributed by atoms with Crippen molar-refractivity contribution in [2.45, 2.75) is 0 Å². The summed E-state index contributed by atoms with van der Waals surface area (Å²) in [7, 11) is 0. The number of halogens is 1. The smallest absolute Gasteiger partial charge is 0.289 e. The molecule has 0 bridgehead atoms. The highest BCUT2D eigenvalue weighted by molar-refractivity contribution is 5.99. The number of benzene rings is 1. The van der Waals surface area contributed by atoms with Gasteiger partial charge < -0.3 is 5.73 Å². The molecule has 0 aliphatic carbocycles. The van der Waals surface area contributed by atoms with E-state index in [0.29, 0.717) is 6.07 Å². The number of non-ortho nitro benzene ring substituents is 1. The average molecular weight is 337 g/mol. The number of aromatic nitrogens is 2. The molecule has 24 heavy (non-hydrogen) atoms. The number of hydrogen-bond acceptors (Lipinski definition) is 9. The third kappa shape index (κ3) is 3.46. The summed E-state index contributed by atoms with van der Waals surface area (Å²) in [6, 6.07) is 2.52. The van der Waals surface area contributed by atoms with Gasteiger partial charge in [0.25, 0.3) is 17.3 Å². The Hall–Kier alpha value is -3.90. The molecule has 1 amide bonds. The number of rotatable bonds is 5. The molecule has 0 aliphatic rings. The minimum atomic E-state index is -0.983. The minimum Gasteiger partial charge on any atom is -0.381 e. The number of nitro groups is 2. The van der Waals surface area contributed by atoms with Crippen LogP contribution in [-0.4, -0.2) is 25.7 Å². The standard InChI is InChI=1S/C11H8FN7O5/c12-7-4-14-11(15-9(7)13)17-16-10(20)6-2-1-5(18(21)22)3-8(6)19(23)24/h1-4H,(H,16,20)(H3,13,14,15,17). The zero-order valence-electron chi connectivity index (χ0n) is 11.6. The maximum Gasteiger partial charge on any atom is 0.289 e. The van der Waals surface area contributed by atoms with Gasteiger partial charge in [0.15, 0.2) is 11.6 Å². The number of amides is 1. The summed E-state index contributed by atoms with van der Waals surface area (Å²) in [6.07, 6.45) is 0.755. The molecule has 12 nitrogen and oxygen atoms in total. The van der Waals surface area contributed by atoms with Crippen LogP contribution in [0.2, 0.25) is 0 Å². The van der Waals surface area contributed by atoms with Gasteiger partial charge in [-0.15, -0.1) is 0 Å². The summed E-state index contributed by atoms with van der Waals surface area (Å²) >= 11 is 0. The Morgan fingerprint density at radius 2 is 1.96 bits per heavy atom. The van der Waals surface area contributed by atoms with Crippen molar-refractivity contribution in [3.8, 4) is 0 Å². The lowest BCUT2D eigenvalue weighted by Crippen LogP contribution is -2.31. The summed E-state index contributed by atoms with van der Waals surface area (Å²) in [5.41, 5.74) is 7.71. The summed E-state index contributed by atoms with van der Waals surface area (Å²) in [4.78, 5) is 38.8. The van der Waals surface area contributed by atoms with Gasteiger partial charge in [0.1, 0.15) is 5.56 Å². The van der Waals surface area contributed by atoms with Gasteiger partial charge >= 0.3 is 0 Å². The van der Waals surface area contributed by atoms with Gasteiger partial charge in [-0.1, -0.05) is 0 Å². The summed E-state index contributed by atoms with van der Waals surface area (Å²) in [5.74, 6) is -2.57. The third-order valence-corrected chi connectivity index (χ3v) is 2.69. The van der Waals surface area contributed by atoms with Crippen LogP contribution in [0, 0.1) is 26.0 Å². The van der Waals surface area contributed by atoms with E-state index in [0.717, 1.165) is 18.3 Å². The SMILES string of the molecule is Nc1nc(NNC(=O)c2ccc([N+](=O)[O-])cc2[N+](=O)[O-])ncc1F. The molecule has 0 unspecified atom stereocenters. The van der Waals surface area contributed by atoms with E-state index in [1.165, 1.54) is 0 Å². The van der Waals surface area contributed by atoms with E-state index in [-0.39, 0.29) is 5.95 Å². The number of anilines is 2. The Balaban J connectivity index is 2.21. The van der Waals surface area contributed by atoms with Gasteiger partial charge in [-0.2, -0.15) is 4.98 Å². The number of carbonyl (C=O) groups excluding carboxylic acids is 1. The molecule has 0 fully saturated rings. The van der Waals surface area contributed by atoms with Crippen LogP contribution in [0.4, 0.5) is 27.5 Å².